The first-order chi connectivity index (χ1) is 6.96. The molecule has 2 atom stereocenters. The van der Waals surface area contributed by atoms with Gasteiger partial charge in [0.1, 0.15) is 0 Å². The maximum atomic E-state index is 6.07. The summed E-state index contributed by atoms with van der Waals surface area (Å²) in [7, 11) is 0. The fourth-order valence-corrected chi connectivity index (χ4v) is 2.84. The molecule has 0 saturated carbocycles. The van der Waals surface area contributed by atoms with E-state index < -0.39 is 0 Å². The van der Waals surface area contributed by atoms with E-state index in [1.54, 1.807) is 0 Å². The van der Waals surface area contributed by atoms with Crippen LogP contribution in [0.5, 0.6) is 0 Å². The minimum absolute atomic E-state index is 0.370. The zero-order valence-electron chi connectivity index (χ0n) is 10.2. The summed E-state index contributed by atoms with van der Waals surface area (Å²) in [6.45, 7) is 9.83. The number of piperidine rings is 1. The highest BCUT2D eigenvalue weighted by Crippen LogP contribution is 2.30. The molecular weight excluding hydrogens is 188 g/mol. The Bertz CT molecular complexity index is 210. The van der Waals surface area contributed by atoms with E-state index in [1.807, 2.05) is 0 Å². The molecule has 2 bridgehead atoms. The summed E-state index contributed by atoms with van der Waals surface area (Å²) < 4.78 is 5.63. The van der Waals surface area contributed by atoms with Crippen molar-refractivity contribution in [2.45, 2.75) is 51.7 Å². The van der Waals surface area contributed by atoms with E-state index in [0.29, 0.717) is 23.5 Å². The van der Waals surface area contributed by atoms with Crippen LogP contribution in [0.25, 0.3) is 0 Å². The van der Waals surface area contributed by atoms with Gasteiger partial charge in [-0.1, -0.05) is 20.8 Å². The van der Waals surface area contributed by atoms with Crippen molar-refractivity contribution in [2.24, 2.45) is 11.1 Å². The van der Waals surface area contributed by atoms with Gasteiger partial charge in [0.25, 0.3) is 0 Å². The zero-order chi connectivity index (χ0) is 11.1. The first-order valence-electron chi connectivity index (χ1n) is 6.05. The van der Waals surface area contributed by atoms with Crippen LogP contribution in [0.1, 0.15) is 33.6 Å². The van der Waals surface area contributed by atoms with Gasteiger partial charge in [0.2, 0.25) is 0 Å². The van der Waals surface area contributed by atoms with E-state index in [9.17, 15) is 0 Å². The molecule has 2 saturated heterocycles. The molecule has 0 aliphatic carbocycles. The van der Waals surface area contributed by atoms with Crippen LogP contribution < -0.4 is 5.73 Å². The van der Waals surface area contributed by atoms with Crippen molar-refractivity contribution in [3.8, 4) is 0 Å². The van der Waals surface area contributed by atoms with Crippen LogP contribution in [-0.2, 0) is 4.74 Å². The number of fused-ring (bicyclic) bond motifs is 2. The van der Waals surface area contributed by atoms with Crippen LogP contribution in [0.15, 0.2) is 0 Å². The zero-order valence-corrected chi connectivity index (χ0v) is 10.2. The molecule has 2 aliphatic rings. The van der Waals surface area contributed by atoms with E-state index in [-0.39, 0.29) is 0 Å². The average Bonchev–Trinajstić information content (AvgIpc) is 2.04. The quantitative estimate of drug-likeness (QED) is 0.710. The van der Waals surface area contributed by atoms with E-state index in [4.69, 9.17) is 10.5 Å². The summed E-state index contributed by atoms with van der Waals surface area (Å²) in [6.07, 6.45) is 2.21. The first kappa shape index (κ1) is 11.4. The van der Waals surface area contributed by atoms with Gasteiger partial charge in [-0.3, -0.25) is 4.90 Å². The normalized spacial score (nSPS) is 38.0. The van der Waals surface area contributed by atoms with Gasteiger partial charge in [-0.15, -0.1) is 0 Å². The monoisotopic (exact) mass is 212 g/mol. The molecule has 15 heavy (non-hydrogen) atoms. The van der Waals surface area contributed by atoms with Crippen molar-refractivity contribution in [3.05, 3.63) is 0 Å². The van der Waals surface area contributed by atoms with E-state index in [1.165, 1.54) is 6.54 Å². The van der Waals surface area contributed by atoms with Gasteiger partial charge in [0.15, 0.2) is 0 Å². The number of rotatable bonds is 1. The molecule has 2 unspecified atom stereocenters. The van der Waals surface area contributed by atoms with Gasteiger partial charge >= 0.3 is 0 Å². The SMILES string of the molecule is CC(C)(C)CN1C2COCC1CC(N)C2. The summed E-state index contributed by atoms with van der Waals surface area (Å²) in [5, 5.41) is 0. The van der Waals surface area contributed by atoms with Crippen LogP contribution in [0.3, 0.4) is 0 Å². The Labute approximate surface area is 93.0 Å². The van der Waals surface area contributed by atoms with Gasteiger partial charge < -0.3 is 10.5 Å². The molecule has 2 rings (SSSR count). The third-order valence-corrected chi connectivity index (χ3v) is 3.37. The van der Waals surface area contributed by atoms with Crippen molar-refractivity contribution in [2.75, 3.05) is 19.8 Å². The molecule has 0 aromatic carbocycles. The summed E-state index contributed by atoms with van der Waals surface area (Å²) in [6, 6.07) is 1.51. The topological polar surface area (TPSA) is 38.5 Å². The Morgan fingerprint density at radius 3 is 2.20 bits per heavy atom. The molecule has 2 aliphatic heterocycles. The van der Waals surface area contributed by atoms with Crippen molar-refractivity contribution in [1.29, 1.82) is 0 Å². The van der Waals surface area contributed by atoms with E-state index >= 15 is 0 Å². The number of hydrogen-bond acceptors (Lipinski definition) is 3. The summed E-state index contributed by atoms with van der Waals surface area (Å²) in [5.74, 6) is 0. The fraction of sp³-hybridized carbons (Fsp3) is 1.00. The first-order valence-corrected chi connectivity index (χ1v) is 6.05. The summed E-state index contributed by atoms with van der Waals surface area (Å²) in [5.41, 5.74) is 6.44. The maximum absolute atomic E-state index is 6.07. The number of nitrogens with two attached hydrogens (primary N) is 1. The van der Waals surface area contributed by atoms with Crippen LogP contribution in [0.2, 0.25) is 0 Å². The predicted molar refractivity (Wildman–Crippen MR) is 61.8 cm³/mol. The Kier molecular flexibility index (Phi) is 3.06. The predicted octanol–water partition coefficient (Wildman–Crippen LogP) is 1.22. The van der Waals surface area contributed by atoms with E-state index in [2.05, 4.69) is 25.7 Å². The molecule has 0 spiro atoms. The number of hydrogen-bond donors (Lipinski definition) is 1. The number of morpholine rings is 1. The molecule has 3 nitrogen and oxygen atoms in total. The molecule has 2 heterocycles. The lowest BCUT2D eigenvalue weighted by Gasteiger charge is -2.49. The Morgan fingerprint density at radius 1 is 1.20 bits per heavy atom. The van der Waals surface area contributed by atoms with E-state index in [0.717, 1.165) is 26.1 Å². The number of ether oxygens (including phenoxy) is 1. The Hall–Kier alpha value is -0.120. The second-order valence-corrected chi connectivity index (χ2v) is 6.31. The number of nitrogens with zero attached hydrogens (tertiary/aromatic N) is 1. The van der Waals surface area contributed by atoms with Crippen LogP contribution in [0.4, 0.5) is 0 Å². The van der Waals surface area contributed by atoms with Crippen molar-refractivity contribution >= 4 is 0 Å². The fourth-order valence-electron chi connectivity index (χ4n) is 2.84. The van der Waals surface area contributed by atoms with Crippen molar-refractivity contribution < 1.29 is 4.74 Å². The minimum atomic E-state index is 0.370. The third-order valence-electron chi connectivity index (χ3n) is 3.37. The molecule has 88 valence electrons. The molecular formula is C12H24N2O. The molecule has 0 radical (unpaired) electrons. The van der Waals surface area contributed by atoms with Gasteiger partial charge in [0, 0.05) is 24.7 Å². The molecule has 3 heteroatoms. The molecule has 0 amide bonds. The highest BCUT2D eigenvalue weighted by Gasteiger charge is 2.39. The lowest BCUT2D eigenvalue weighted by Crippen LogP contribution is -2.61. The lowest BCUT2D eigenvalue weighted by molar-refractivity contribution is -0.0885. The van der Waals surface area contributed by atoms with Crippen molar-refractivity contribution in [1.82, 2.24) is 4.90 Å². The van der Waals surface area contributed by atoms with Gasteiger partial charge in [0.05, 0.1) is 13.2 Å². The second kappa shape index (κ2) is 4.04. The Balaban J connectivity index is 2.04. The van der Waals surface area contributed by atoms with Gasteiger partial charge in [-0.25, -0.2) is 0 Å². The summed E-state index contributed by atoms with van der Waals surface area (Å²) >= 11 is 0. The van der Waals surface area contributed by atoms with Crippen molar-refractivity contribution in [3.63, 3.8) is 0 Å². The molecule has 0 aromatic heterocycles. The van der Waals surface area contributed by atoms with Crippen LogP contribution in [0, 0.1) is 5.41 Å². The van der Waals surface area contributed by atoms with Gasteiger partial charge in [-0.2, -0.15) is 0 Å². The average molecular weight is 212 g/mol. The van der Waals surface area contributed by atoms with Crippen LogP contribution in [-0.4, -0.2) is 42.8 Å². The molecule has 0 aromatic rings. The largest absolute Gasteiger partial charge is 0.378 e. The maximum Gasteiger partial charge on any atom is 0.0623 e. The molecule has 2 fully saturated rings. The Morgan fingerprint density at radius 2 is 1.73 bits per heavy atom. The third kappa shape index (κ3) is 2.71. The summed E-state index contributed by atoms with van der Waals surface area (Å²) in [4.78, 5) is 2.63. The lowest BCUT2D eigenvalue weighted by atomic mass is 9.87. The standard InChI is InChI=1S/C12H24N2O/c1-12(2,3)8-14-10-4-9(13)5-11(14)7-15-6-10/h9-11H,4-8,13H2,1-3H3. The highest BCUT2D eigenvalue weighted by molar-refractivity contribution is 4.94. The molecule has 2 N–H and O–H groups in total. The van der Waals surface area contributed by atoms with Gasteiger partial charge in [-0.05, 0) is 18.3 Å². The highest BCUT2D eigenvalue weighted by atomic mass is 16.5. The minimum Gasteiger partial charge on any atom is -0.378 e. The second-order valence-electron chi connectivity index (χ2n) is 6.31. The smallest absolute Gasteiger partial charge is 0.0623 e. The van der Waals surface area contributed by atoms with Crippen LogP contribution >= 0.6 is 0 Å².